The van der Waals surface area contributed by atoms with E-state index >= 15 is 0 Å². The van der Waals surface area contributed by atoms with Crippen LogP contribution in [0.1, 0.15) is 42.5 Å². The summed E-state index contributed by atoms with van der Waals surface area (Å²) >= 11 is 0. The molecule has 0 aromatic heterocycles. The maximum atomic E-state index is 12.6. The second-order valence-corrected chi connectivity index (χ2v) is 6.84. The van der Waals surface area contributed by atoms with Gasteiger partial charge in [0.05, 0.1) is 6.04 Å². The SMILES string of the molecule is CC(C)c1cccc(OCC(=O)NC(c2ccccc2)c2ccccc2)c1. The Hall–Kier alpha value is -3.07. The largest absolute Gasteiger partial charge is 0.484 e. The molecule has 3 aromatic rings. The van der Waals surface area contributed by atoms with Crippen LogP contribution in [-0.2, 0) is 4.79 Å². The van der Waals surface area contributed by atoms with Gasteiger partial charge in [-0.3, -0.25) is 4.79 Å². The van der Waals surface area contributed by atoms with Crippen LogP contribution in [0.25, 0.3) is 0 Å². The molecule has 3 nitrogen and oxygen atoms in total. The van der Waals surface area contributed by atoms with E-state index in [1.54, 1.807) is 0 Å². The molecule has 0 spiro atoms. The van der Waals surface area contributed by atoms with Gasteiger partial charge in [-0.2, -0.15) is 0 Å². The Bertz CT molecular complexity index is 820. The van der Waals surface area contributed by atoms with Gasteiger partial charge in [0.2, 0.25) is 0 Å². The van der Waals surface area contributed by atoms with Gasteiger partial charge in [-0.05, 0) is 34.7 Å². The van der Waals surface area contributed by atoms with Gasteiger partial charge < -0.3 is 10.1 Å². The fourth-order valence-corrected chi connectivity index (χ4v) is 2.97. The number of hydrogen-bond acceptors (Lipinski definition) is 2. The molecule has 0 aliphatic carbocycles. The molecule has 0 saturated heterocycles. The second kappa shape index (κ2) is 9.04. The summed E-state index contributed by atoms with van der Waals surface area (Å²) in [6, 6.07) is 27.6. The van der Waals surface area contributed by atoms with Crippen LogP contribution < -0.4 is 10.1 Å². The van der Waals surface area contributed by atoms with Gasteiger partial charge in [0, 0.05) is 0 Å². The summed E-state index contributed by atoms with van der Waals surface area (Å²) in [6.45, 7) is 4.25. The highest BCUT2D eigenvalue weighted by Gasteiger charge is 2.16. The number of rotatable bonds is 7. The molecular formula is C24H25NO2. The molecule has 0 aliphatic heterocycles. The van der Waals surface area contributed by atoms with Crippen LogP contribution in [0, 0.1) is 0 Å². The van der Waals surface area contributed by atoms with Crippen molar-refractivity contribution in [1.29, 1.82) is 0 Å². The Balaban J connectivity index is 1.69. The van der Waals surface area contributed by atoms with Gasteiger partial charge in [0.1, 0.15) is 5.75 Å². The van der Waals surface area contributed by atoms with Crippen molar-refractivity contribution < 1.29 is 9.53 Å². The number of hydrogen-bond donors (Lipinski definition) is 1. The Morgan fingerprint density at radius 1 is 0.815 bits per heavy atom. The van der Waals surface area contributed by atoms with Crippen molar-refractivity contribution in [3.63, 3.8) is 0 Å². The Morgan fingerprint density at radius 3 is 1.93 bits per heavy atom. The molecule has 0 atom stereocenters. The quantitative estimate of drug-likeness (QED) is 0.638. The number of ether oxygens (including phenoxy) is 1. The van der Waals surface area contributed by atoms with Crippen molar-refractivity contribution in [3.05, 3.63) is 102 Å². The third-order valence-electron chi connectivity index (χ3n) is 4.47. The maximum absolute atomic E-state index is 12.6. The molecule has 0 radical (unpaired) electrons. The molecule has 3 heteroatoms. The molecule has 0 aliphatic rings. The Labute approximate surface area is 161 Å². The van der Waals surface area contributed by atoms with E-state index in [4.69, 9.17) is 4.74 Å². The van der Waals surface area contributed by atoms with E-state index < -0.39 is 0 Å². The van der Waals surface area contributed by atoms with Crippen LogP contribution in [0.5, 0.6) is 5.75 Å². The number of benzene rings is 3. The summed E-state index contributed by atoms with van der Waals surface area (Å²) in [4.78, 5) is 12.6. The summed E-state index contributed by atoms with van der Waals surface area (Å²) in [6.07, 6.45) is 0. The summed E-state index contributed by atoms with van der Waals surface area (Å²) < 4.78 is 5.72. The first-order chi connectivity index (χ1) is 13.1. The predicted molar refractivity (Wildman–Crippen MR) is 109 cm³/mol. The number of carbonyl (C=O) groups is 1. The minimum Gasteiger partial charge on any atom is -0.484 e. The van der Waals surface area contributed by atoms with Gasteiger partial charge in [-0.1, -0.05) is 86.6 Å². The zero-order chi connectivity index (χ0) is 19.1. The molecule has 1 N–H and O–H groups in total. The van der Waals surface area contributed by atoms with Crippen LogP contribution in [0.3, 0.4) is 0 Å². The molecule has 0 heterocycles. The van der Waals surface area contributed by atoms with Crippen molar-refractivity contribution in [2.45, 2.75) is 25.8 Å². The standard InChI is InChI=1S/C24H25NO2/c1-18(2)21-14-9-15-22(16-21)27-17-23(26)25-24(19-10-5-3-6-11-19)20-12-7-4-8-13-20/h3-16,18,24H,17H2,1-2H3,(H,25,26). The van der Waals surface area contributed by atoms with Gasteiger partial charge >= 0.3 is 0 Å². The fourth-order valence-electron chi connectivity index (χ4n) is 2.97. The number of carbonyl (C=O) groups excluding carboxylic acids is 1. The summed E-state index contributed by atoms with van der Waals surface area (Å²) in [7, 11) is 0. The van der Waals surface area contributed by atoms with Gasteiger partial charge in [-0.15, -0.1) is 0 Å². The van der Waals surface area contributed by atoms with Crippen LogP contribution in [0.4, 0.5) is 0 Å². The Morgan fingerprint density at radius 2 is 1.37 bits per heavy atom. The molecule has 3 aromatic carbocycles. The molecule has 27 heavy (non-hydrogen) atoms. The molecular weight excluding hydrogens is 334 g/mol. The summed E-state index contributed by atoms with van der Waals surface area (Å²) in [5, 5.41) is 3.09. The normalized spacial score (nSPS) is 10.8. The average Bonchev–Trinajstić information content (AvgIpc) is 2.72. The van der Waals surface area contributed by atoms with Crippen LogP contribution >= 0.6 is 0 Å². The van der Waals surface area contributed by atoms with E-state index in [0.717, 1.165) is 11.1 Å². The monoisotopic (exact) mass is 359 g/mol. The first-order valence-electron chi connectivity index (χ1n) is 9.25. The van der Waals surface area contributed by atoms with E-state index in [9.17, 15) is 4.79 Å². The molecule has 138 valence electrons. The third-order valence-corrected chi connectivity index (χ3v) is 4.47. The molecule has 3 rings (SSSR count). The van der Waals surface area contributed by atoms with Crippen LogP contribution in [0.15, 0.2) is 84.9 Å². The smallest absolute Gasteiger partial charge is 0.258 e. The molecule has 0 fully saturated rings. The van der Waals surface area contributed by atoms with Gasteiger partial charge in [-0.25, -0.2) is 0 Å². The van der Waals surface area contributed by atoms with Crippen LogP contribution in [0.2, 0.25) is 0 Å². The lowest BCUT2D eigenvalue weighted by molar-refractivity contribution is -0.123. The highest BCUT2D eigenvalue weighted by atomic mass is 16.5. The van der Waals surface area contributed by atoms with Gasteiger partial charge in [0.25, 0.3) is 5.91 Å². The second-order valence-electron chi connectivity index (χ2n) is 6.84. The maximum Gasteiger partial charge on any atom is 0.258 e. The lowest BCUT2D eigenvalue weighted by atomic mass is 9.99. The molecule has 0 saturated carbocycles. The van der Waals surface area contributed by atoms with Crippen molar-refractivity contribution in [2.24, 2.45) is 0 Å². The van der Waals surface area contributed by atoms with Crippen molar-refractivity contribution >= 4 is 5.91 Å². The topological polar surface area (TPSA) is 38.3 Å². The zero-order valence-electron chi connectivity index (χ0n) is 15.8. The highest BCUT2D eigenvalue weighted by Crippen LogP contribution is 2.22. The average molecular weight is 359 g/mol. The van der Waals surface area contributed by atoms with Crippen molar-refractivity contribution in [3.8, 4) is 5.75 Å². The van der Waals surface area contributed by atoms with Crippen molar-refractivity contribution in [1.82, 2.24) is 5.32 Å². The fraction of sp³-hybridized carbons (Fsp3) is 0.208. The summed E-state index contributed by atoms with van der Waals surface area (Å²) in [5.41, 5.74) is 3.28. The zero-order valence-corrected chi connectivity index (χ0v) is 15.8. The Kier molecular flexibility index (Phi) is 6.26. The lowest BCUT2D eigenvalue weighted by Gasteiger charge is -2.20. The highest BCUT2D eigenvalue weighted by molar-refractivity contribution is 5.78. The predicted octanol–water partition coefficient (Wildman–Crippen LogP) is 5.09. The minimum atomic E-state index is -0.203. The number of nitrogens with one attached hydrogen (secondary N) is 1. The molecule has 1 amide bonds. The minimum absolute atomic E-state index is 0.0162. The first kappa shape index (κ1) is 18.7. The molecule has 0 unspecified atom stereocenters. The first-order valence-corrected chi connectivity index (χ1v) is 9.25. The third kappa shape index (κ3) is 5.20. The summed E-state index contributed by atoms with van der Waals surface area (Å²) in [5.74, 6) is 0.984. The lowest BCUT2D eigenvalue weighted by Crippen LogP contribution is -2.33. The van der Waals surface area contributed by atoms with E-state index in [2.05, 4.69) is 25.2 Å². The number of amides is 1. The molecule has 0 bridgehead atoms. The van der Waals surface area contributed by atoms with Crippen molar-refractivity contribution in [2.75, 3.05) is 6.61 Å². The van der Waals surface area contributed by atoms with E-state index in [-0.39, 0.29) is 18.6 Å². The van der Waals surface area contributed by atoms with E-state index in [0.29, 0.717) is 11.7 Å². The van der Waals surface area contributed by atoms with Gasteiger partial charge in [0.15, 0.2) is 6.61 Å². The van der Waals surface area contributed by atoms with E-state index in [1.807, 2.05) is 78.9 Å². The van der Waals surface area contributed by atoms with Crippen LogP contribution in [-0.4, -0.2) is 12.5 Å². The van der Waals surface area contributed by atoms with E-state index in [1.165, 1.54) is 5.56 Å².